The molecule has 1 aromatic rings. The second-order valence-corrected chi connectivity index (χ2v) is 9.13. The fraction of sp³-hybridized carbons (Fsp3) is 0.571. The summed E-state index contributed by atoms with van der Waals surface area (Å²) in [5.41, 5.74) is 1.35. The molecule has 112 valence electrons. The number of aliphatic hydroxyl groups is 1. The van der Waals surface area contributed by atoms with E-state index >= 15 is 0 Å². The highest BCUT2D eigenvalue weighted by Gasteiger charge is 2.32. The van der Waals surface area contributed by atoms with Gasteiger partial charge in [-0.25, -0.2) is 8.42 Å². The minimum Gasteiger partial charge on any atom is -0.392 e. The molecule has 0 amide bonds. The van der Waals surface area contributed by atoms with Gasteiger partial charge in [-0.2, -0.15) is 16.1 Å². The number of hydrogen-bond donors (Lipinski definition) is 1. The SMILES string of the molecule is Cc1ccc(CO)cc1S(=O)(=O)N1CC(C)SC(C)C1. The van der Waals surface area contributed by atoms with Crippen LogP contribution >= 0.6 is 11.8 Å². The van der Waals surface area contributed by atoms with Gasteiger partial charge in [0.25, 0.3) is 0 Å². The quantitative estimate of drug-likeness (QED) is 0.927. The van der Waals surface area contributed by atoms with Crippen molar-refractivity contribution in [2.24, 2.45) is 0 Å². The maximum Gasteiger partial charge on any atom is 0.243 e. The molecule has 0 aliphatic carbocycles. The monoisotopic (exact) mass is 315 g/mol. The van der Waals surface area contributed by atoms with Crippen LogP contribution in [-0.2, 0) is 16.6 Å². The van der Waals surface area contributed by atoms with Crippen LogP contribution in [0.5, 0.6) is 0 Å². The van der Waals surface area contributed by atoms with Gasteiger partial charge in [0.1, 0.15) is 0 Å². The summed E-state index contributed by atoms with van der Waals surface area (Å²) in [6, 6.07) is 5.09. The predicted octanol–water partition coefficient (Wildman–Crippen LogP) is 2.00. The number of thioether (sulfide) groups is 1. The first-order chi connectivity index (χ1) is 9.34. The molecule has 0 spiro atoms. The van der Waals surface area contributed by atoms with Gasteiger partial charge >= 0.3 is 0 Å². The molecule has 1 fully saturated rings. The fourth-order valence-corrected chi connectivity index (χ4v) is 5.89. The first-order valence-corrected chi connectivity index (χ1v) is 9.09. The number of aryl methyl sites for hydroxylation is 1. The van der Waals surface area contributed by atoms with E-state index in [4.69, 9.17) is 0 Å². The van der Waals surface area contributed by atoms with Crippen molar-refractivity contribution in [3.63, 3.8) is 0 Å². The third-order valence-corrected chi connectivity index (χ3v) is 6.64. The van der Waals surface area contributed by atoms with Crippen LogP contribution in [-0.4, -0.2) is 41.4 Å². The number of sulfonamides is 1. The van der Waals surface area contributed by atoms with E-state index < -0.39 is 10.0 Å². The van der Waals surface area contributed by atoms with E-state index in [9.17, 15) is 13.5 Å². The van der Waals surface area contributed by atoms with E-state index in [2.05, 4.69) is 13.8 Å². The normalized spacial score (nSPS) is 24.8. The Morgan fingerprint density at radius 1 is 1.30 bits per heavy atom. The number of nitrogens with zero attached hydrogens (tertiary/aromatic N) is 1. The number of aliphatic hydroxyl groups excluding tert-OH is 1. The van der Waals surface area contributed by atoms with Crippen molar-refractivity contribution in [1.82, 2.24) is 4.31 Å². The summed E-state index contributed by atoms with van der Waals surface area (Å²) in [5, 5.41) is 9.80. The van der Waals surface area contributed by atoms with Crippen molar-refractivity contribution in [2.75, 3.05) is 13.1 Å². The lowest BCUT2D eigenvalue weighted by Crippen LogP contribution is -2.44. The highest BCUT2D eigenvalue weighted by Crippen LogP contribution is 2.30. The van der Waals surface area contributed by atoms with Gasteiger partial charge in [0.15, 0.2) is 0 Å². The zero-order valence-electron chi connectivity index (χ0n) is 12.0. The van der Waals surface area contributed by atoms with E-state index in [0.717, 1.165) is 5.56 Å². The van der Waals surface area contributed by atoms with Gasteiger partial charge in [-0.3, -0.25) is 0 Å². The third-order valence-electron chi connectivity index (χ3n) is 3.44. The first kappa shape index (κ1) is 15.8. The number of rotatable bonds is 3. The van der Waals surface area contributed by atoms with Crippen molar-refractivity contribution in [2.45, 2.75) is 42.8 Å². The lowest BCUT2D eigenvalue weighted by atomic mass is 10.2. The molecular weight excluding hydrogens is 294 g/mol. The average Bonchev–Trinajstić information content (AvgIpc) is 2.38. The Morgan fingerprint density at radius 3 is 2.45 bits per heavy atom. The standard InChI is InChI=1S/C14H21NO3S2/c1-10-4-5-13(9-16)6-14(10)20(17,18)15-7-11(2)19-12(3)8-15/h4-6,11-12,16H,7-9H2,1-3H3. The molecule has 1 aliphatic rings. The topological polar surface area (TPSA) is 57.6 Å². The minimum atomic E-state index is -3.48. The van der Waals surface area contributed by atoms with Gasteiger partial charge in [0.2, 0.25) is 10.0 Å². The molecule has 1 aliphatic heterocycles. The molecule has 1 saturated heterocycles. The van der Waals surface area contributed by atoms with E-state index in [1.807, 2.05) is 11.8 Å². The van der Waals surface area contributed by atoms with Crippen LogP contribution in [0.2, 0.25) is 0 Å². The van der Waals surface area contributed by atoms with Crippen LogP contribution in [0.3, 0.4) is 0 Å². The predicted molar refractivity (Wildman–Crippen MR) is 82.4 cm³/mol. The highest BCUT2D eigenvalue weighted by molar-refractivity contribution is 8.00. The smallest absolute Gasteiger partial charge is 0.243 e. The Hall–Kier alpha value is -0.560. The Labute approximate surface area is 125 Å². The molecule has 1 N–H and O–H groups in total. The number of hydrogen-bond acceptors (Lipinski definition) is 4. The van der Waals surface area contributed by atoms with E-state index in [1.54, 1.807) is 29.4 Å². The largest absolute Gasteiger partial charge is 0.392 e. The Kier molecular flexibility index (Phi) is 4.79. The molecular formula is C14H21NO3S2. The van der Waals surface area contributed by atoms with Crippen molar-refractivity contribution >= 4 is 21.8 Å². The Balaban J connectivity index is 2.39. The maximum absolute atomic E-state index is 12.8. The van der Waals surface area contributed by atoms with Gasteiger partial charge in [0.05, 0.1) is 11.5 Å². The molecule has 6 heteroatoms. The van der Waals surface area contributed by atoms with Crippen LogP contribution in [0, 0.1) is 6.92 Å². The van der Waals surface area contributed by atoms with E-state index in [1.165, 1.54) is 0 Å². The van der Waals surface area contributed by atoms with Crippen LogP contribution in [0.15, 0.2) is 23.1 Å². The van der Waals surface area contributed by atoms with Crippen LogP contribution in [0.4, 0.5) is 0 Å². The van der Waals surface area contributed by atoms with Gasteiger partial charge in [-0.05, 0) is 24.1 Å². The average molecular weight is 315 g/mol. The minimum absolute atomic E-state index is 0.147. The summed E-state index contributed by atoms with van der Waals surface area (Å²) >= 11 is 1.82. The summed E-state index contributed by atoms with van der Waals surface area (Å²) in [6.45, 7) is 6.84. The molecule has 1 heterocycles. The van der Waals surface area contributed by atoms with Gasteiger partial charge in [-0.15, -0.1) is 0 Å². The summed E-state index contributed by atoms with van der Waals surface area (Å²) < 4.78 is 27.2. The molecule has 0 radical (unpaired) electrons. The fourth-order valence-electron chi connectivity index (χ4n) is 2.49. The van der Waals surface area contributed by atoms with Crippen LogP contribution in [0.25, 0.3) is 0 Å². The lowest BCUT2D eigenvalue weighted by Gasteiger charge is -2.34. The summed E-state index contributed by atoms with van der Waals surface area (Å²) in [7, 11) is -3.48. The van der Waals surface area contributed by atoms with Crippen molar-refractivity contribution < 1.29 is 13.5 Å². The van der Waals surface area contributed by atoms with Gasteiger partial charge in [0, 0.05) is 23.6 Å². The molecule has 20 heavy (non-hydrogen) atoms. The summed E-state index contributed by atoms with van der Waals surface area (Å²) in [4.78, 5) is 0.315. The van der Waals surface area contributed by atoms with Crippen molar-refractivity contribution in [3.05, 3.63) is 29.3 Å². The Bertz CT molecular complexity index is 576. The molecule has 0 saturated carbocycles. The van der Waals surface area contributed by atoms with Gasteiger partial charge < -0.3 is 5.11 Å². The molecule has 0 bridgehead atoms. The van der Waals surface area contributed by atoms with Crippen molar-refractivity contribution in [1.29, 1.82) is 0 Å². The van der Waals surface area contributed by atoms with E-state index in [0.29, 0.717) is 34.0 Å². The second-order valence-electron chi connectivity index (χ2n) is 5.34. The zero-order chi connectivity index (χ0) is 14.9. The number of benzene rings is 1. The zero-order valence-corrected chi connectivity index (χ0v) is 13.7. The molecule has 1 aromatic carbocycles. The molecule has 2 rings (SSSR count). The van der Waals surface area contributed by atoms with Crippen LogP contribution < -0.4 is 0 Å². The van der Waals surface area contributed by atoms with Gasteiger partial charge in [-0.1, -0.05) is 26.0 Å². The maximum atomic E-state index is 12.8. The molecule has 2 atom stereocenters. The molecule has 4 nitrogen and oxygen atoms in total. The van der Waals surface area contributed by atoms with Crippen LogP contribution in [0.1, 0.15) is 25.0 Å². The second kappa shape index (κ2) is 6.05. The molecule has 0 aromatic heterocycles. The summed E-state index contributed by atoms with van der Waals surface area (Å²) in [6.07, 6.45) is 0. The summed E-state index contributed by atoms with van der Waals surface area (Å²) in [5.74, 6) is 0. The van der Waals surface area contributed by atoms with E-state index in [-0.39, 0.29) is 6.61 Å². The lowest BCUT2D eigenvalue weighted by molar-refractivity contribution is 0.281. The molecule has 2 unspecified atom stereocenters. The van der Waals surface area contributed by atoms with Crippen molar-refractivity contribution in [3.8, 4) is 0 Å². The highest BCUT2D eigenvalue weighted by atomic mass is 32.2. The third kappa shape index (κ3) is 3.19. The first-order valence-electron chi connectivity index (χ1n) is 6.70. The Morgan fingerprint density at radius 2 is 1.90 bits per heavy atom.